The molecular formula is C10H12ClN3S. The molecule has 0 atom stereocenters. The average Bonchev–Trinajstić information content (AvgIpc) is 2.83. The van der Waals surface area contributed by atoms with Gasteiger partial charge < -0.3 is 0 Å². The number of nitrogens with zero attached hydrogens (tertiary/aromatic N) is 3. The fourth-order valence-corrected chi connectivity index (χ4v) is 2.64. The topological polar surface area (TPSA) is 30.7 Å². The second kappa shape index (κ2) is 4.33. The van der Waals surface area contributed by atoms with E-state index in [4.69, 9.17) is 11.6 Å². The van der Waals surface area contributed by atoms with E-state index in [1.807, 2.05) is 11.5 Å². The number of hydrogen-bond donors (Lipinski definition) is 0. The van der Waals surface area contributed by atoms with E-state index in [9.17, 15) is 0 Å². The van der Waals surface area contributed by atoms with Crippen molar-refractivity contribution in [3.05, 3.63) is 28.7 Å². The van der Waals surface area contributed by atoms with Crippen LogP contribution in [0.15, 0.2) is 12.1 Å². The van der Waals surface area contributed by atoms with Gasteiger partial charge in [-0.05, 0) is 25.5 Å². The van der Waals surface area contributed by atoms with E-state index in [-0.39, 0.29) is 0 Å². The number of aryl methyl sites for hydroxylation is 2. The summed E-state index contributed by atoms with van der Waals surface area (Å²) in [7, 11) is 0. The molecule has 0 aliphatic carbocycles. The van der Waals surface area contributed by atoms with E-state index >= 15 is 0 Å². The van der Waals surface area contributed by atoms with Crippen LogP contribution in [0.3, 0.4) is 0 Å². The quantitative estimate of drug-likeness (QED) is 0.774. The van der Waals surface area contributed by atoms with Gasteiger partial charge in [0, 0.05) is 4.88 Å². The van der Waals surface area contributed by atoms with Gasteiger partial charge >= 0.3 is 0 Å². The van der Waals surface area contributed by atoms with Gasteiger partial charge in [0.05, 0.1) is 5.88 Å². The highest BCUT2D eigenvalue weighted by Gasteiger charge is 2.11. The Labute approximate surface area is 97.7 Å². The molecule has 0 aliphatic heterocycles. The Hall–Kier alpha value is -0.870. The summed E-state index contributed by atoms with van der Waals surface area (Å²) in [6, 6.07) is 4.23. The van der Waals surface area contributed by atoms with Crippen LogP contribution >= 0.6 is 22.9 Å². The molecule has 0 aromatic carbocycles. The maximum Gasteiger partial charge on any atom is 0.153 e. The van der Waals surface area contributed by atoms with Crippen LogP contribution < -0.4 is 0 Å². The molecule has 0 bridgehead atoms. The lowest BCUT2D eigenvalue weighted by Gasteiger charge is -2.02. The first-order valence-corrected chi connectivity index (χ1v) is 6.17. The highest BCUT2D eigenvalue weighted by Crippen LogP contribution is 2.23. The predicted molar refractivity (Wildman–Crippen MR) is 62.9 cm³/mol. The van der Waals surface area contributed by atoms with E-state index in [0.29, 0.717) is 5.88 Å². The number of halogens is 1. The molecule has 80 valence electrons. The second-order valence-electron chi connectivity index (χ2n) is 3.23. The summed E-state index contributed by atoms with van der Waals surface area (Å²) in [6.45, 7) is 4.09. The molecule has 2 aromatic rings. The van der Waals surface area contributed by atoms with E-state index < -0.39 is 0 Å². The number of aromatic nitrogens is 3. The molecule has 0 N–H and O–H groups in total. The largest absolute Gasteiger partial charge is 0.273 e. The minimum absolute atomic E-state index is 0.389. The Morgan fingerprint density at radius 3 is 2.80 bits per heavy atom. The van der Waals surface area contributed by atoms with Crippen molar-refractivity contribution in [1.29, 1.82) is 0 Å². The lowest BCUT2D eigenvalue weighted by atomic mass is 10.4. The molecule has 0 unspecified atom stereocenters. The van der Waals surface area contributed by atoms with E-state index in [1.54, 1.807) is 11.3 Å². The number of rotatable bonds is 3. The van der Waals surface area contributed by atoms with Crippen LogP contribution in [-0.4, -0.2) is 14.8 Å². The summed E-state index contributed by atoms with van der Waals surface area (Å²) in [4.78, 5) is 1.36. The summed E-state index contributed by atoms with van der Waals surface area (Å²) in [5, 5.41) is 9.21. The van der Waals surface area contributed by atoms with Crippen LogP contribution in [0.25, 0.3) is 5.00 Å². The smallest absolute Gasteiger partial charge is 0.153 e. The van der Waals surface area contributed by atoms with Gasteiger partial charge in [-0.1, -0.05) is 6.92 Å². The predicted octanol–water partition coefficient (Wildman–Crippen LogP) is 2.94. The van der Waals surface area contributed by atoms with Gasteiger partial charge in [-0.3, -0.25) is 4.57 Å². The Balaban J connectivity index is 2.47. The molecule has 0 fully saturated rings. The third kappa shape index (κ3) is 1.92. The standard InChI is InChI=1S/C10H12ClN3S/c1-3-8-4-5-10(15-8)14-7(2)12-13-9(14)6-11/h4-5H,3,6H2,1-2H3. The summed E-state index contributed by atoms with van der Waals surface area (Å²) < 4.78 is 2.01. The molecule has 0 aliphatic rings. The molecule has 0 amide bonds. The van der Waals surface area contributed by atoms with Crippen LogP contribution in [-0.2, 0) is 12.3 Å². The third-order valence-electron chi connectivity index (χ3n) is 2.23. The van der Waals surface area contributed by atoms with Gasteiger partial charge in [0.15, 0.2) is 5.82 Å². The van der Waals surface area contributed by atoms with E-state index in [0.717, 1.165) is 23.1 Å². The van der Waals surface area contributed by atoms with Crippen molar-refractivity contribution in [2.45, 2.75) is 26.1 Å². The van der Waals surface area contributed by atoms with Crippen molar-refractivity contribution in [3.8, 4) is 5.00 Å². The molecule has 2 aromatic heterocycles. The molecule has 0 spiro atoms. The molecular weight excluding hydrogens is 230 g/mol. The fraction of sp³-hybridized carbons (Fsp3) is 0.400. The van der Waals surface area contributed by atoms with Crippen molar-refractivity contribution in [3.63, 3.8) is 0 Å². The van der Waals surface area contributed by atoms with Gasteiger partial charge in [0.2, 0.25) is 0 Å². The van der Waals surface area contributed by atoms with Crippen molar-refractivity contribution >= 4 is 22.9 Å². The van der Waals surface area contributed by atoms with Crippen molar-refractivity contribution in [2.75, 3.05) is 0 Å². The van der Waals surface area contributed by atoms with Crippen LogP contribution in [0.4, 0.5) is 0 Å². The highest BCUT2D eigenvalue weighted by atomic mass is 35.5. The Bertz CT molecular complexity index is 461. The second-order valence-corrected chi connectivity index (χ2v) is 4.64. The average molecular weight is 242 g/mol. The molecule has 2 heterocycles. The summed E-state index contributed by atoms with van der Waals surface area (Å²) in [5.74, 6) is 2.08. The number of alkyl halides is 1. The summed E-state index contributed by atoms with van der Waals surface area (Å²) >= 11 is 7.58. The maximum absolute atomic E-state index is 5.82. The molecule has 0 saturated carbocycles. The minimum atomic E-state index is 0.389. The summed E-state index contributed by atoms with van der Waals surface area (Å²) in [6.07, 6.45) is 1.06. The van der Waals surface area contributed by atoms with E-state index in [1.165, 1.54) is 4.88 Å². The zero-order chi connectivity index (χ0) is 10.8. The lowest BCUT2D eigenvalue weighted by molar-refractivity contribution is 0.943. The van der Waals surface area contributed by atoms with E-state index in [2.05, 4.69) is 29.3 Å². The van der Waals surface area contributed by atoms with Crippen molar-refractivity contribution < 1.29 is 0 Å². The van der Waals surface area contributed by atoms with Gasteiger partial charge in [0.25, 0.3) is 0 Å². The Morgan fingerprint density at radius 1 is 1.40 bits per heavy atom. The summed E-state index contributed by atoms with van der Waals surface area (Å²) in [5.41, 5.74) is 0. The number of hydrogen-bond acceptors (Lipinski definition) is 3. The first-order valence-electron chi connectivity index (χ1n) is 4.82. The van der Waals surface area contributed by atoms with Crippen LogP contribution in [0.5, 0.6) is 0 Å². The molecule has 2 rings (SSSR count). The highest BCUT2D eigenvalue weighted by molar-refractivity contribution is 7.14. The zero-order valence-electron chi connectivity index (χ0n) is 8.70. The van der Waals surface area contributed by atoms with Gasteiger partial charge in [-0.2, -0.15) is 0 Å². The van der Waals surface area contributed by atoms with Crippen LogP contribution in [0, 0.1) is 6.92 Å². The minimum Gasteiger partial charge on any atom is -0.273 e. The third-order valence-corrected chi connectivity index (χ3v) is 3.68. The van der Waals surface area contributed by atoms with Gasteiger partial charge in [-0.15, -0.1) is 33.1 Å². The number of thiophene rings is 1. The first-order chi connectivity index (χ1) is 7.26. The van der Waals surface area contributed by atoms with Crippen LogP contribution in [0.2, 0.25) is 0 Å². The van der Waals surface area contributed by atoms with Crippen molar-refractivity contribution in [1.82, 2.24) is 14.8 Å². The van der Waals surface area contributed by atoms with Crippen molar-refractivity contribution in [2.24, 2.45) is 0 Å². The van der Waals surface area contributed by atoms with Gasteiger partial charge in [-0.25, -0.2) is 0 Å². The van der Waals surface area contributed by atoms with Crippen LogP contribution in [0.1, 0.15) is 23.4 Å². The molecule has 3 nitrogen and oxygen atoms in total. The first kappa shape index (κ1) is 10.6. The molecule has 0 radical (unpaired) electrons. The molecule has 0 saturated heterocycles. The fourth-order valence-electron chi connectivity index (χ4n) is 1.46. The van der Waals surface area contributed by atoms with Gasteiger partial charge in [0.1, 0.15) is 10.8 Å². The maximum atomic E-state index is 5.82. The zero-order valence-corrected chi connectivity index (χ0v) is 10.3. The Kier molecular flexibility index (Phi) is 3.07. The molecule has 15 heavy (non-hydrogen) atoms. The molecule has 5 heteroatoms. The normalized spacial score (nSPS) is 10.9. The lowest BCUT2D eigenvalue weighted by Crippen LogP contribution is -1.98. The Morgan fingerprint density at radius 2 is 2.20 bits per heavy atom. The SMILES string of the molecule is CCc1ccc(-n2c(C)nnc2CCl)s1. The monoisotopic (exact) mass is 241 g/mol.